The van der Waals surface area contributed by atoms with E-state index in [1.165, 1.54) is 48.0 Å². The zero-order valence-electron chi connectivity index (χ0n) is 12.7. The second-order valence-electron chi connectivity index (χ2n) is 6.47. The summed E-state index contributed by atoms with van der Waals surface area (Å²) < 4.78 is 0. The van der Waals surface area contributed by atoms with Crippen LogP contribution in [0.4, 0.5) is 5.82 Å². The van der Waals surface area contributed by atoms with Crippen molar-refractivity contribution in [2.75, 3.05) is 18.0 Å². The van der Waals surface area contributed by atoms with Gasteiger partial charge in [0.15, 0.2) is 0 Å². The van der Waals surface area contributed by atoms with E-state index in [1.807, 2.05) is 0 Å². The third-order valence-electron chi connectivity index (χ3n) is 4.67. The molecule has 21 heavy (non-hydrogen) atoms. The number of rotatable bonds is 4. The van der Waals surface area contributed by atoms with Crippen LogP contribution in [0.25, 0.3) is 10.9 Å². The maximum Gasteiger partial charge on any atom is 0.133 e. The Hall–Kier alpha value is -1.61. The van der Waals surface area contributed by atoms with Gasteiger partial charge in [-0.15, -0.1) is 0 Å². The molecule has 2 heterocycles. The summed E-state index contributed by atoms with van der Waals surface area (Å²) in [5.74, 6) is 1.21. The largest absolute Gasteiger partial charge is 0.356 e. The standard InChI is InChI=1S/C18H23N3/c1-13-5-4-6-14-11-15(12-19-16-7-8-16)18(20-17(13)14)21-9-2-3-10-21/h4-6,11,16,19H,2-3,7-10,12H2,1H3. The maximum atomic E-state index is 5.04. The van der Waals surface area contributed by atoms with Gasteiger partial charge in [0.2, 0.25) is 0 Å². The summed E-state index contributed by atoms with van der Waals surface area (Å²) in [5.41, 5.74) is 3.80. The summed E-state index contributed by atoms with van der Waals surface area (Å²) >= 11 is 0. The Labute approximate surface area is 126 Å². The van der Waals surface area contributed by atoms with Crippen LogP contribution >= 0.6 is 0 Å². The van der Waals surface area contributed by atoms with Gasteiger partial charge >= 0.3 is 0 Å². The second kappa shape index (κ2) is 5.30. The fourth-order valence-corrected chi connectivity index (χ4v) is 3.26. The van der Waals surface area contributed by atoms with Gasteiger partial charge in [-0.25, -0.2) is 4.98 Å². The molecule has 0 spiro atoms. The first kappa shape index (κ1) is 13.1. The van der Waals surface area contributed by atoms with Gasteiger partial charge in [0.25, 0.3) is 0 Å². The van der Waals surface area contributed by atoms with Crippen molar-refractivity contribution in [2.45, 2.75) is 45.2 Å². The van der Waals surface area contributed by atoms with Crippen molar-refractivity contribution >= 4 is 16.7 Å². The maximum absolute atomic E-state index is 5.04. The van der Waals surface area contributed by atoms with Crippen LogP contribution in [0.2, 0.25) is 0 Å². The van der Waals surface area contributed by atoms with Crippen molar-refractivity contribution in [3.8, 4) is 0 Å². The number of fused-ring (bicyclic) bond motifs is 1. The van der Waals surface area contributed by atoms with Crippen LogP contribution in [0.15, 0.2) is 24.3 Å². The molecule has 2 fully saturated rings. The molecule has 4 rings (SSSR count). The summed E-state index contributed by atoms with van der Waals surface area (Å²) in [5, 5.41) is 4.92. The molecule has 110 valence electrons. The van der Waals surface area contributed by atoms with E-state index >= 15 is 0 Å². The molecule has 1 aromatic carbocycles. The van der Waals surface area contributed by atoms with E-state index in [0.717, 1.165) is 31.2 Å². The van der Waals surface area contributed by atoms with Crippen LogP contribution in [0, 0.1) is 6.92 Å². The Morgan fingerprint density at radius 2 is 2.05 bits per heavy atom. The molecular formula is C18H23N3. The molecule has 1 saturated heterocycles. The first-order valence-electron chi connectivity index (χ1n) is 8.19. The predicted molar refractivity (Wildman–Crippen MR) is 87.8 cm³/mol. The topological polar surface area (TPSA) is 28.2 Å². The van der Waals surface area contributed by atoms with E-state index < -0.39 is 0 Å². The van der Waals surface area contributed by atoms with Gasteiger partial charge in [0.05, 0.1) is 5.52 Å². The van der Waals surface area contributed by atoms with Crippen molar-refractivity contribution in [3.63, 3.8) is 0 Å². The van der Waals surface area contributed by atoms with E-state index in [4.69, 9.17) is 4.98 Å². The summed E-state index contributed by atoms with van der Waals surface area (Å²) in [6.45, 7) is 5.42. The van der Waals surface area contributed by atoms with Gasteiger partial charge in [-0.1, -0.05) is 18.2 Å². The van der Waals surface area contributed by atoms with Crippen molar-refractivity contribution in [2.24, 2.45) is 0 Å². The lowest BCUT2D eigenvalue weighted by molar-refractivity contribution is 0.684. The van der Waals surface area contributed by atoms with Crippen molar-refractivity contribution in [1.29, 1.82) is 0 Å². The lowest BCUT2D eigenvalue weighted by Gasteiger charge is -2.21. The van der Waals surface area contributed by atoms with E-state index in [-0.39, 0.29) is 0 Å². The molecule has 1 aromatic heterocycles. The molecule has 0 bridgehead atoms. The number of hydrogen-bond donors (Lipinski definition) is 1. The first-order chi connectivity index (χ1) is 10.3. The van der Waals surface area contributed by atoms with Gasteiger partial charge in [0.1, 0.15) is 5.82 Å². The smallest absolute Gasteiger partial charge is 0.133 e. The summed E-state index contributed by atoms with van der Waals surface area (Å²) in [4.78, 5) is 7.51. The molecular weight excluding hydrogens is 258 g/mol. The van der Waals surface area contributed by atoms with Crippen LogP contribution in [-0.4, -0.2) is 24.1 Å². The number of aryl methyl sites for hydroxylation is 1. The zero-order valence-corrected chi connectivity index (χ0v) is 12.7. The van der Waals surface area contributed by atoms with E-state index in [2.05, 4.69) is 41.4 Å². The van der Waals surface area contributed by atoms with Gasteiger partial charge in [-0.3, -0.25) is 0 Å². The summed E-state index contributed by atoms with van der Waals surface area (Å²) in [6.07, 6.45) is 5.25. The van der Waals surface area contributed by atoms with Gasteiger partial charge < -0.3 is 10.2 Å². The Bertz CT molecular complexity index is 655. The number of hydrogen-bond acceptors (Lipinski definition) is 3. The molecule has 3 nitrogen and oxygen atoms in total. The molecule has 2 aliphatic rings. The number of pyridine rings is 1. The van der Waals surface area contributed by atoms with Crippen LogP contribution in [0.5, 0.6) is 0 Å². The zero-order chi connectivity index (χ0) is 14.2. The highest BCUT2D eigenvalue weighted by atomic mass is 15.2. The molecule has 1 N–H and O–H groups in total. The minimum Gasteiger partial charge on any atom is -0.356 e. The van der Waals surface area contributed by atoms with E-state index in [0.29, 0.717) is 0 Å². The first-order valence-corrected chi connectivity index (χ1v) is 8.19. The fourth-order valence-electron chi connectivity index (χ4n) is 3.26. The fraction of sp³-hybridized carbons (Fsp3) is 0.500. The molecule has 1 saturated carbocycles. The highest BCUT2D eigenvalue weighted by Crippen LogP contribution is 2.29. The molecule has 0 amide bonds. The lowest BCUT2D eigenvalue weighted by atomic mass is 10.1. The predicted octanol–water partition coefficient (Wildman–Crippen LogP) is 3.40. The third kappa shape index (κ3) is 2.62. The van der Waals surface area contributed by atoms with Crippen LogP contribution in [0.3, 0.4) is 0 Å². The van der Waals surface area contributed by atoms with Crippen LogP contribution in [0.1, 0.15) is 36.8 Å². The monoisotopic (exact) mass is 281 g/mol. The number of para-hydroxylation sites is 1. The van der Waals surface area contributed by atoms with Gasteiger partial charge in [-0.2, -0.15) is 0 Å². The van der Waals surface area contributed by atoms with Gasteiger partial charge in [-0.05, 0) is 44.2 Å². The number of aromatic nitrogens is 1. The number of anilines is 1. The highest BCUT2D eigenvalue weighted by Gasteiger charge is 2.23. The Kier molecular flexibility index (Phi) is 3.30. The van der Waals surface area contributed by atoms with Crippen molar-refractivity contribution < 1.29 is 0 Å². The van der Waals surface area contributed by atoms with Crippen LogP contribution in [-0.2, 0) is 6.54 Å². The van der Waals surface area contributed by atoms with Gasteiger partial charge in [0, 0.05) is 36.6 Å². The molecule has 1 aliphatic carbocycles. The SMILES string of the molecule is Cc1cccc2cc(CNC3CC3)c(N3CCCC3)nc12. The quantitative estimate of drug-likeness (QED) is 0.931. The second-order valence-corrected chi connectivity index (χ2v) is 6.47. The minimum atomic E-state index is 0.740. The highest BCUT2D eigenvalue weighted by molar-refractivity contribution is 5.84. The van der Waals surface area contributed by atoms with Crippen molar-refractivity contribution in [1.82, 2.24) is 10.3 Å². The third-order valence-corrected chi connectivity index (χ3v) is 4.67. The summed E-state index contributed by atoms with van der Waals surface area (Å²) in [7, 11) is 0. The lowest BCUT2D eigenvalue weighted by Crippen LogP contribution is -2.24. The van der Waals surface area contributed by atoms with Crippen LogP contribution < -0.4 is 10.2 Å². The average molecular weight is 281 g/mol. The number of nitrogens with zero attached hydrogens (tertiary/aromatic N) is 2. The molecule has 1 aliphatic heterocycles. The normalized spacial score (nSPS) is 18.6. The minimum absolute atomic E-state index is 0.740. The number of nitrogens with one attached hydrogen (secondary N) is 1. The molecule has 3 heteroatoms. The number of benzene rings is 1. The Morgan fingerprint density at radius 3 is 2.81 bits per heavy atom. The Balaban J connectivity index is 1.76. The van der Waals surface area contributed by atoms with E-state index in [9.17, 15) is 0 Å². The molecule has 2 aromatic rings. The van der Waals surface area contributed by atoms with Crippen molar-refractivity contribution in [3.05, 3.63) is 35.4 Å². The average Bonchev–Trinajstić information content (AvgIpc) is 3.17. The molecule has 0 unspecified atom stereocenters. The molecule has 0 atom stereocenters. The van der Waals surface area contributed by atoms with E-state index in [1.54, 1.807) is 0 Å². The molecule has 0 radical (unpaired) electrons. The summed E-state index contributed by atoms with van der Waals surface area (Å²) in [6, 6.07) is 9.56. The Morgan fingerprint density at radius 1 is 1.24 bits per heavy atom.